The van der Waals surface area contributed by atoms with Gasteiger partial charge in [0.15, 0.2) is 5.84 Å². The fraction of sp³-hybridized carbons (Fsp3) is 0.0222. The predicted molar refractivity (Wildman–Crippen MR) is 207 cm³/mol. The Bertz CT molecular complexity index is 3070. The first-order valence-electron chi connectivity index (χ1n) is 17.1. The van der Waals surface area contributed by atoms with E-state index < -0.39 is 6.17 Å². The van der Waals surface area contributed by atoms with Crippen LogP contribution >= 0.6 is 0 Å². The number of benzene rings is 7. The molecule has 1 aliphatic heterocycles. The van der Waals surface area contributed by atoms with Gasteiger partial charge in [-0.1, -0.05) is 109 Å². The smallest absolute Gasteiger partial charge is 0.160 e. The van der Waals surface area contributed by atoms with E-state index in [0.29, 0.717) is 5.84 Å². The van der Waals surface area contributed by atoms with E-state index in [2.05, 4.69) is 107 Å². The molecule has 240 valence electrons. The number of fused-ring (bicyclic) bond motifs is 9. The molecule has 0 saturated heterocycles. The Morgan fingerprint density at radius 1 is 0.510 bits per heavy atom. The summed E-state index contributed by atoms with van der Waals surface area (Å²) in [6.07, 6.45) is -0.392. The second kappa shape index (κ2) is 10.8. The molecule has 4 heterocycles. The van der Waals surface area contributed by atoms with Crippen molar-refractivity contribution in [3.05, 3.63) is 174 Å². The predicted octanol–water partition coefficient (Wildman–Crippen LogP) is 11.1. The van der Waals surface area contributed by atoms with Crippen LogP contribution in [-0.2, 0) is 0 Å². The first-order chi connectivity index (χ1) is 25.3. The molecular formula is C45H28N4O2. The van der Waals surface area contributed by atoms with Crippen LogP contribution in [0.3, 0.4) is 0 Å². The Labute approximate surface area is 291 Å². The van der Waals surface area contributed by atoms with Crippen molar-refractivity contribution >= 4 is 77.4 Å². The van der Waals surface area contributed by atoms with Crippen LogP contribution in [0.25, 0.3) is 71.4 Å². The first kappa shape index (κ1) is 28.0. The van der Waals surface area contributed by atoms with E-state index in [0.717, 1.165) is 83.1 Å². The van der Waals surface area contributed by atoms with Gasteiger partial charge in [0.1, 0.15) is 34.3 Å². The Balaban J connectivity index is 1.10. The van der Waals surface area contributed by atoms with E-state index in [9.17, 15) is 0 Å². The van der Waals surface area contributed by atoms with Crippen LogP contribution in [0.5, 0.6) is 0 Å². The van der Waals surface area contributed by atoms with Crippen LogP contribution in [0.2, 0.25) is 0 Å². The molecule has 0 radical (unpaired) electrons. The molecule has 3 aromatic heterocycles. The summed E-state index contributed by atoms with van der Waals surface area (Å²) in [7, 11) is 0. The van der Waals surface area contributed by atoms with Gasteiger partial charge in [-0.05, 0) is 48.0 Å². The summed E-state index contributed by atoms with van der Waals surface area (Å²) in [5.74, 6) is 1.43. The quantitative estimate of drug-likeness (QED) is 0.205. The van der Waals surface area contributed by atoms with E-state index in [-0.39, 0.29) is 0 Å². The molecule has 1 N–H and O–H groups in total. The largest absolute Gasteiger partial charge is 0.456 e. The van der Waals surface area contributed by atoms with Gasteiger partial charge >= 0.3 is 0 Å². The molecule has 11 rings (SSSR count). The molecule has 1 aliphatic rings. The van der Waals surface area contributed by atoms with Gasteiger partial charge in [0.2, 0.25) is 0 Å². The summed E-state index contributed by atoms with van der Waals surface area (Å²) >= 11 is 0. The topological polar surface area (TPSA) is 68.0 Å². The normalized spacial score (nSPS) is 14.9. The van der Waals surface area contributed by atoms with E-state index in [1.54, 1.807) is 0 Å². The molecule has 0 fully saturated rings. The number of hydrogen-bond acceptors (Lipinski definition) is 5. The standard InChI is InChI=1S/C45H28N4O2/c1-2-12-27(13-3-1)43-46-44(48-45(47-43)33-19-11-23-40-42(33)32-18-6-9-22-39(32)50-40)28-14-10-15-29(24-28)49-36-20-7-4-16-30(36)34-25-35-31-17-5-8-21-38(31)51-41(35)26-37(34)49/h1-26,44H,(H,46,47,48). The molecule has 0 saturated carbocycles. The lowest BCUT2D eigenvalue weighted by Gasteiger charge is -2.24. The van der Waals surface area contributed by atoms with Gasteiger partial charge in [-0.2, -0.15) is 0 Å². The van der Waals surface area contributed by atoms with E-state index in [4.69, 9.17) is 18.8 Å². The number of amidine groups is 2. The molecule has 7 aromatic carbocycles. The van der Waals surface area contributed by atoms with Gasteiger partial charge in [0.05, 0.1) is 11.0 Å². The number of furan rings is 2. The zero-order valence-corrected chi connectivity index (χ0v) is 27.2. The maximum atomic E-state index is 6.36. The lowest BCUT2D eigenvalue weighted by molar-refractivity contribution is 0.668. The van der Waals surface area contributed by atoms with Gasteiger partial charge < -0.3 is 18.7 Å². The SMILES string of the molecule is c1ccc(C2=NC(c3cccc4oc5ccccc5c34)=NC(c3cccc(-n4c5ccccc5c5cc6c(cc54)oc4ccccc46)c3)N2)cc1. The van der Waals surface area contributed by atoms with Crippen molar-refractivity contribution in [3.63, 3.8) is 0 Å². The van der Waals surface area contributed by atoms with Crippen molar-refractivity contribution in [2.45, 2.75) is 6.17 Å². The second-order valence-corrected chi connectivity index (χ2v) is 13.0. The third-order valence-corrected chi connectivity index (χ3v) is 10.0. The fourth-order valence-electron chi connectivity index (χ4n) is 7.74. The minimum Gasteiger partial charge on any atom is -0.456 e. The number of nitrogens with one attached hydrogen (secondary N) is 1. The molecule has 1 atom stereocenters. The minimum absolute atomic E-state index is 0.392. The van der Waals surface area contributed by atoms with Gasteiger partial charge in [-0.15, -0.1) is 0 Å². The van der Waals surface area contributed by atoms with Crippen LogP contribution in [0.4, 0.5) is 0 Å². The van der Waals surface area contributed by atoms with Crippen LogP contribution in [-0.4, -0.2) is 16.2 Å². The molecular weight excluding hydrogens is 629 g/mol. The highest BCUT2D eigenvalue weighted by molar-refractivity contribution is 6.22. The third kappa shape index (κ3) is 4.30. The molecule has 6 nitrogen and oxygen atoms in total. The number of nitrogens with zero attached hydrogens (tertiary/aromatic N) is 3. The van der Waals surface area contributed by atoms with Crippen LogP contribution < -0.4 is 5.32 Å². The van der Waals surface area contributed by atoms with Gasteiger partial charge in [0.25, 0.3) is 0 Å². The number of aromatic nitrogens is 1. The van der Waals surface area contributed by atoms with Crippen LogP contribution in [0.15, 0.2) is 177 Å². The Morgan fingerprint density at radius 2 is 1.22 bits per heavy atom. The van der Waals surface area contributed by atoms with Gasteiger partial charge in [0, 0.05) is 55.2 Å². The highest BCUT2D eigenvalue weighted by Gasteiger charge is 2.24. The summed E-state index contributed by atoms with van der Waals surface area (Å²) in [6, 6.07) is 54.4. The summed E-state index contributed by atoms with van der Waals surface area (Å²) in [5, 5.41) is 10.4. The fourth-order valence-corrected chi connectivity index (χ4v) is 7.74. The summed E-state index contributed by atoms with van der Waals surface area (Å²) in [4.78, 5) is 10.4. The Morgan fingerprint density at radius 3 is 2.10 bits per heavy atom. The highest BCUT2D eigenvalue weighted by atomic mass is 16.3. The zero-order valence-electron chi connectivity index (χ0n) is 27.2. The lowest BCUT2D eigenvalue weighted by Crippen LogP contribution is -2.33. The van der Waals surface area contributed by atoms with Crippen molar-refractivity contribution in [3.8, 4) is 5.69 Å². The average molecular weight is 657 g/mol. The van der Waals surface area contributed by atoms with Crippen LogP contribution in [0.1, 0.15) is 22.9 Å². The summed E-state index contributed by atoms with van der Waals surface area (Å²) in [6.45, 7) is 0. The minimum atomic E-state index is -0.392. The van der Waals surface area contributed by atoms with Crippen molar-refractivity contribution in [2.75, 3.05) is 0 Å². The molecule has 10 aromatic rings. The summed E-state index contributed by atoms with van der Waals surface area (Å²) in [5.41, 5.74) is 9.64. The number of para-hydroxylation sites is 3. The van der Waals surface area contributed by atoms with Gasteiger partial charge in [-0.25, -0.2) is 9.98 Å². The molecule has 0 aliphatic carbocycles. The van der Waals surface area contributed by atoms with Crippen LogP contribution in [0, 0.1) is 0 Å². The summed E-state index contributed by atoms with van der Waals surface area (Å²) < 4.78 is 14.9. The zero-order chi connectivity index (χ0) is 33.5. The lowest BCUT2D eigenvalue weighted by atomic mass is 10.0. The van der Waals surface area contributed by atoms with E-state index >= 15 is 0 Å². The second-order valence-electron chi connectivity index (χ2n) is 13.0. The maximum Gasteiger partial charge on any atom is 0.160 e. The Kier molecular flexibility index (Phi) is 5.92. The van der Waals surface area contributed by atoms with Crippen molar-refractivity contribution in [1.82, 2.24) is 9.88 Å². The molecule has 51 heavy (non-hydrogen) atoms. The number of aliphatic imine (C=N–C) groups is 2. The van der Waals surface area contributed by atoms with E-state index in [1.165, 1.54) is 10.8 Å². The molecule has 0 amide bonds. The van der Waals surface area contributed by atoms with E-state index in [1.807, 2.05) is 60.7 Å². The van der Waals surface area contributed by atoms with Crippen molar-refractivity contribution in [2.24, 2.45) is 9.98 Å². The molecule has 1 unspecified atom stereocenters. The molecule has 0 spiro atoms. The number of rotatable bonds is 4. The maximum absolute atomic E-state index is 6.36. The van der Waals surface area contributed by atoms with Crippen molar-refractivity contribution < 1.29 is 8.83 Å². The van der Waals surface area contributed by atoms with Gasteiger partial charge in [-0.3, -0.25) is 0 Å². The average Bonchev–Trinajstić information content (AvgIpc) is 3.86. The molecule has 0 bridgehead atoms. The Hall–Kier alpha value is -6.92. The monoisotopic (exact) mass is 656 g/mol. The molecule has 6 heteroatoms. The number of hydrogen-bond donors (Lipinski definition) is 1. The van der Waals surface area contributed by atoms with Crippen molar-refractivity contribution in [1.29, 1.82) is 0 Å². The third-order valence-electron chi connectivity index (χ3n) is 10.0. The first-order valence-corrected chi connectivity index (χ1v) is 17.1. The highest BCUT2D eigenvalue weighted by Crippen LogP contribution is 2.39.